The van der Waals surface area contributed by atoms with E-state index in [-0.39, 0.29) is 24.4 Å². The van der Waals surface area contributed by atoms with Gasteiger partial charge < -0.3 is 28.1 Å². The summed E-state index contributed by atoms with van der Waals surface area (Å²) in [5.74, 6) is -1.12. The van der Waals surface area contributed by atoms with Gasteiger partial charge in [0.25, 0.3) is 8.32 Å². The molecular formula is C44H52O8Si. The fourth-order valence-corrected chi connectivity index (χ4v) is 11.5. The zero-order valence-electron chi connectivity index (χ0n) is 31.8. The maximum absolute atomic E-state index is 13.4. The van der Waals surface area contributed by atoms with Crippen LogP contribution in [-0.2, 0) is 37.7 Å². The largest absolute Gasteiger partial charge is 0.467 e. The first-order chi connectivity index (χ1) is 25.4. The Labute approximate surface area is 315 Å². The van der Waals surface area contributed by atoms with Gasteiger partial charge in [-0.15, -0.1) is 0 Å². The van der Waals surface area contributed by atoms with E-state index in [0.29, 0.717) is 5.57 Å². The highest BCUT2D eigenvalue weighted by molar-refractivity contribution is 6.99. The highest BCUT2D eigenvalue weighted by Gasteiger charge is 2.51. The highest BCUT2D eigenvalue weighted by atomic mass is 28.4. The van der Waals surface area contributed by atoms with E-state index in [9.17, 15) is 9.59 Å². The standard InChI is InChI=1S/C44H52O8Si/c1-31-28-38(51-40(45)30-48-32(2)34-20-12-8-13-21-34)39(52-41(31)42(43(46)47-7)50-33(3)35-22-14-9-15-23-35)29-49-53(44(4,5)6,36-24-16-10-17-25-36)37-26-18-11-19-27-37/h8-28,32-33,38-39,41-42H,29-30H2,1-7H3/t32-,33-,38-,39+,41+,42-/m0/s1. The van der Waals surface area contributed by atoms with E-state index >= 15 is 0 Å². The molecule has 6 atom stereocenters. The van der Waals surface area contributed by atoms with Gasteiger partial charge in [-0.2, -0.15) is 0 Å². The number of benzene rings is 4. The van der Waals surface area contributed by atoms with E-state index < -0.39 is 50.8 Å². The molecule has 0 unspecified atom stereocenters. The summed E-state index contributed by atoms with van der Waals surface area (Å²) in [6.45, 7) is 12.0. The topological polar surface area (TPSA) is 89.5 Å². The average molecular weight is 737 g/mol. The fraction of sp³-hybridized carbons (Fsp3) is 0.364. The molecule has 4 aromatic rings. The molecule has 0 saturated carbocycles. The van der Waals surface area contributed by atoms with Crippen molar-refractivity contribution in [1.82, 2.24) is 0 Å². The molecule has 1 aliphatic heterocycles. The van der Waals surface area contributed by atoms with Crippen molar-refractivity contribution in [1.29, 1.82) is 0 Å². The molecule has 4 aromatic carbocycles. The van der Waals surface area contributed by atoms with Gasteiger partial charge in [-0.05, 0) is 59.0 Å². The van der Waals surface area contributed by atoms with Gasteiger partial charge in [0.2, 0.25) is 0 Å². The minimum absolute atomic E-state index is 0.0644. The summed E-state index contributed by atoms with van der Waals surface area (Å²) in [7, 11) is -1.69. The van der Waals surface area contributed by atoms with Crippen LogP contribution in [0.1, 0.15) is 64.9 Å². The van der Waals surface area contributed by atoms with E-state index in [1.54, 1.807) is 0 Å². The highest BCUT2D eigenvalue weighted by Crippen LogP contribution is 2.38. The third-order valence-electron chi connectivity index (χ3n) is 9.76. The summed E-state index contributed by atoms with van der Waals surface area (Å²) in [5, 5.41) is 1.88. The molecule has 53 heavy (non-hydrogen) atoms. The molecule has 0 aliphatic carbocycles. The number of hydrogen-bond acceptors (Lipinski definition) is 8. The average Bonchev–Trinajstić information content (AvgIpc) is 3.17. The summed E-state index contributed by atoms with van der Waals surface area (Å²) >= 11 is 0. The third kappa shape index (κ3) is 9.60. The molecule has 0 N–H and O–H groups in total. The lowest BCUT2D eigenvalue weighted by Gasteiger charge is -2.45. The first kappa shape index (κ1) is 39.8. The quantitative estimate of drug-likeness (QED) is 0.0715. The van der Waals surface area contributed by atoms with Crippen LogP contribution in [0.15, 0.2) is 133 Å². The molecule has 5 rings (SSSR count). The molecule has 1 heterocycles. The van der Waals surface area contributed by atoms with Gasteiger partial charge in [0.15, 0.2) is 6.10 Å². The zero-order valence-corrected chi connectivity index (χ0v) is 32.8. The van der Waals surface area contributed by atoms with Crippen LogP contribution in [0.3, 0.4) is 0 Å². The second-order valence-electron chi connectivity index (χ2n) is 14.4. The van der Waals surface area contributed by atoms with Crippen LogP contribution in [0, 0.1) is 0 Å². The van der Waals surface area contributed by atoms with E-state index in [4.69, 9.17) is 28.1 Å². The van der Waals surface area contributed by atoms with Gasteiger partial charge >= 0.3 is 11.9 Å². The van der Waals surface area contributed by atoms with Gasteiger partial charge in [0.05, 0.1) is 25.9 Å². The van der Waals surface area contributed by atoms with Gasteiger partial charge in [-0.25, -0.2) is 9.59 Å². The van der Waals surface area contributed by atoms with Crippen LogP contribution in [0.2, 0.25) is 5.04 Å². The molecule has 0 saturated heterocycles. The minimum Gasteiger partial charge on any atom is -0.467 e. The van der Waals surface area contributed by atoms with Crippen molar-refractivity contribution in [3.63, 3.8) is 0 Å². The van der Waals surface area contributed by atoms with Gasteiger partial charge in [-0.3, -0.25) is 0 Å². The lowest BCUT2D eigenvalue weighted by Crippen LogP contribution is -2.67. The lowest BCUT2D eigenvalue weighted by atomic mass is 9.97. The summed E-state index contributed by atoms with van der Waals surface area (Å²) in [4.78, 5) is 26.8. The molecule has 0 amide bonds. The van der Waals surface area contributed by atoms with Crippen molar-refractivity contribution >= 4 is 30.6 Å². The maximum Gasteiger partial charge on any atom is 0.338 e. The van der Waals surface area contributed by atoms with Crippen LogP contribution < -0.4 is 10.4 Å². The van der Waals surface area contributed by atoms with Gasteiger partial charge in [0.1, 0.15) is 24.9 Å². The van der Waals surface area contributed by atoms with Crippen molar-refractivity contribution in [2.75, 3.05) is 20.3 Å². The molecule has 9 heteroatoms. The number of esters is 2. The molecule has 1 aliphatic rings. The number of rotatable bonds is 15. The zero-order chi connectivity index (χ0) is 38.0. The number of hydrogen-bond donors (Lipinski definition) is 0. The van der Waals surface area contributed by atoms with E-state index in [0.717, 1.165) is 21.5 Å². The Balaban J connectivity index is 1.48. The molecule has 280 valence electrons. The monoisotopic (exact) mass is 736 g/mol. The Morgan fingerprint density at radius 1 is 0.755 bits per heavy atom. The Morgan fingerprint density at radius 3 is 1.74 bits per heavy atom. The van der Waals surface area contributed by atoms with Gasteiger partial charge in [-0.1, -0.05) is 142 Å². The van der Waals surface area contributed by atoms with Crippen molar-refractivity contribution in [3.05, 3.63) is 144 Å². The van der Waals surface area contributed by atoms with Crippen molar-refractivity contribution in [3.8, 4) is 0 Å². The molecule has 0 fully saturated rings. The summed E-state index contributed by atoms with van der Waals surface area (Å²) in [5.41, 5.74) is 2.52. The maximum atomic E-state index is 13.4. The number of methoxy groups -OCH3 is 1. The van der Waals surface area contributed by atoms with Crippen LogP contribution in [0.4, 0.5) is 0 Å². The Bertz CT molecular complexity index is 1740. The Morgan fingerprint density at radius 2 is 1.25 bits per heavy atom. The van der Waals surface area contributed by atoms with Crippen molar-refractivity contribution in [2.24, 2.45) is 0 Å². The van der Waals surface area contributed by atoms with Crippen molar-refractivity contribution in [2.45, 2.75) is 83.2 Å². The van der Waals surface area contributed by atoms with Crippen LogP contribution in [0.5, 0.6) is 0 Å². The third-order valence-corrected chi connectivity index (χ3v) is 14.8. The summed E-state index contributed by atoms with van der Waals surface area (Å²) in [6.07, 6.45) is -2.51. The van der Waals surface area contributed by atoms with E-state index in [1.807, 2.05) is 124 Å². The summed E-state index contributed by atoms with van der Waals surface area (Å²) in [6, 6.07) is 39.9. The lowest BCUT2D eigenvalue weighted by molar-refractivity contribution is -0.187. The van der Waals surface area contributed by atoms with Crippen LogP contribution in [0.25, 0.3) is 0 Å². The predicted molar refractivity (Wildman–Crippen MR) is 208 cm³/mol. The molecule has 0 radical (unpaired) electrons. The first-order valence-corrected chi connectivity index (χ1v) is 20.1. The Kier molecular flexibility index (Phi) is 13.6. The number of ether oxygens (including phenoxy) is 5. The molecular weight excluding hydrogens is 685 g/mol. The number of carbonyl (C=O) groups is 2. The second kappa shape index (κ2) is 18.1. The normalized spacial score (nSPS) is 19.4. The van der Waals surface area contributed by atoms with Crippen LogP contribution >= 0.6 is 0 Å². The SMILES string of the molecule is COC(=O)[C@@H](O[C@@H](C)c1ccccc1)[C@@H]1O[C@H](CO[Si](c2ccccc2)(c2ccccc2)C(C)(C)C)[C@@H](OC(=O)CO[C@@H](C)c2ccccc2)C=C1C. The second-order valence-corrected chi connectivity index (χ2v) is 18.7. The van der Waals surface area contributed by atoms with E-state index in [2.05, 4.69) is 45.0 Å². The molecule has 0 spiro atoms. The Hall–Kier alpha value is -4.38. The fourth-order valence-electron chi connectivity index (χ4n) is 6.95. The number of carbonyl (C=O) groups excluding carboxylic acids is 2. The predicted octanol–water partition coefficient (Wildman–Crippen LogP) is 7.29. The molecule has 8 nitrogen and oxygen atoms in total. The smallest absolute Gasteiger partial charge is 0.338 e. The minimum atomic E-state index is -3.02. The van der Waals surface area contributed by atoms with E-state index in [1.165, 1.54) is 7.11 Å². The van der Waals surface area contributed by atoms with Gasteiger partial charge in [0, 0.05) is 0 Å². The molecule has 0 aromatic heterocycles. The van der Waals surface area contributed by atoms with Crippen molar-refractivity contribution < 1.29 is 37.7 Å². The molecule has 0 bridgehead atoms. The summed E-state index contributed by atoms with van der Waals surface area (Å²) < 4.78 is 37.7. The first-order valence-electron chi connectivity index (χ1n) is 18.2. The van der Waals surface area contributed by atoms with Crippen LogP contribution in [-0.4, -0.2) is 65.0 Å².